The van der Waals surface area contributed by atoms with Gasteiger partial charge in [0.05, 0.1) is 11.0 Å². The molecule has 0 unspecified atom stereocenters. The number of nitrogens with one attached hydrogen (secondary N) is 1. The SMILES string of the molecule is CC(C)(C)NC(=O)Cn1c(N)nc2cc(Br)ccc21. The van der Waals surface area contributed by atoms with Gasteiger partial charge < -0.3 is 15.6 Å². The van der Waals surface area contributed by atoms with Gasteiger partial charge in [-0.3, -0.25) is 4.79 Å². The first kappa shape index (κ1) is 13.9. The van der Waals surface area contributed by atoms with E-state index in [0.29, 0.717) is 5.95 Å². The van der Waals surface area contributed by atoms with Crippen molar-refractivity contribution in [2.45, 2.75) is 32.9 Å². The molecule has 0 bridgehead atoms. The van der Waals surface area contributed by atoms with Crippen molar-refractivity contribution in [1.82, 2.24) is 14.9 Å². The topological polar surface area (TPSA) is 72.9 Å². The highest BCUT2D eigenvalue weighted by atomic mass is 79.9. The molecule has 1 amide bonds. The van der Waals surface area contributed by atoms with Crippen LogP contribution in [-0.2, 0) is 11.3 Å². The van der Waals surface area contributed by atoms with Crippen LogP contribution in [0.4, 0.5) is 5.95 Å². The molecule has 1 aromatic carbocycles. The summed E-state index contributed by atoms with van der Waals surface area (Å²) in [6.07, 6.45) is 0. The van der Waals surface area contributed by atoms with Crippen LogP contribution in [0.3, 0.4) is 0 Å². The number of nitrogens with two attached hydrogens (primary N) is 1. The van der Waals surface area contributed by atoms with Gasteiger partial charge in [0.15, 0.2) is 0 Å². The molecule has 0 spiro atoms. The maximum Gasteiger partial charge on any atom is 0.240 e. The molecule has 0 fully saturated rings. The van der Waals surface area contributed by atoms with E-state index in [1.807, 2.05) is 39.0 Å². The van der Waals surface area contributed by atoms with E-state index < -0.39 is 0 Å². The molecule has 3 N–H and O–H groups in total. The van der Waals surface area contributed by atoms with Crippen LogP contribution in [-0.4, -0.2) is 21.0 Å². The highest BCUT2D eigenvalue weighted by molar-refractivity contribution is 9.10. The summed E-state index contributed by atoms with van der Waals surface area (Å²) in [5.41, 5.74) is 7.24. The Bertz CT molecular complexity index is 627. The molecule has 5 nitrogen and oxygen atoms in total. The molecule has 0 aliphatic heterocycles. The van der Waals surface area contributed by atoms with E-state index >= 15 is 0 Å². The summed E-state index contributed by atoms with van der Waals surface area (Å²) in [5, 5.41) is 2.91. The van der Waals surface area contributed by atoms with Gasteiger partial charge in [-0.2, -0.15) is 0 Å². The van der Waals surface area contributed by atoms with Crippen LogP contribution in [0.2, 0.25) is 0 Å². The molecule has 0 saturated heterocycles. The molecular formula is C13H17BrN4O. The first-order valence-electron chi connectivity index (χ1n) is 5.98. The Morgan fingerprint density at radius 2 is 2.16 bits per heavy atom. The van der Waals surface area contributed by atoms with Crippen molar-refractivity contribution < 1.29 is 4.79 Å². The van der Waals surface area contributed by atoms with E-state index in [1.54, 1.807) is 4.57 Å². The fraction of sp³-hybridized carbons (Fsp3) is 0.385. The minimum Gasteiger partial charge on any atom is -0.369 e. The molecule has 0 atom stereocenters. The van der Waals surface area contributed by atoms with Crippen molar-refractivity contribution in [2.24, 2.45) is 0 Å². The first-order chi connectivity index (χ1) is 8.76. The van der Waals surface area contributed by atoms with Gasteiger partial charge in [-0.15, -0.1) is 0 Å². The van der Waals surface area contributed by atoms with Gasteiger partial charge in [-0.05, 0) is 39.0 Å². The summed E-state index contributed by atoms with van der Waals surface area (Å²) in [7, 11) is 0. The Balaban J connectivity index is 2.30. The van der Waals surface area contributed by atoms with E-state index in [1.165, 1.54) is 0 Å². The lowest BCUT2D eigenvalue weighted by molar-refractivity contribution is -0.122. The molecule has 0 radical (unpaired) electrons. The van der Waals surface area contributed by atoms with Crippen molar-refractivity contribution in [3.63, 3.8) is 0 Å². The maximum atomic E-state index is 12.0. The third-order valence-corrected chi connectivity index (χ3v) is 3.05. The predicted molar refractivity (Wildman–Crippen MR) is 79.7 cm³/mol. The van der Waals surface area contributed by atoms with Crippen LogP contribution in [0, 0.1) is 0 Å². The monoisotopic (exact) mass is 324 g/mol. The zero-order valence-electron chi connectivity index (χ0n) is 11.2. The van der Waals surface area contributed by atoms with Crippen LogP contribution in [0.15, 0.2) is 22.7 Å². The highest BCUT2D eigenvalue weighted by Gasteiger charge is 2.16. The van der Waals surface area contributed by atoms with Crippen molar-refractivity contribution in [3.8, 4) is 0 Å². The predicted octanol–water partition coefficient (Wildman–Crippen LogP) is 2.30. The van der Waals surface area contributed by atoms with Gasteiger partial charge in [-0.25, -0.2) is 4.98 Å². The second-order valence-electron chi connectivity index (χ2n) is 5.49. The van der Waals surface area contributed by atoms with E-state index in [9.17, 15) is 4.79 Å². The van der Waals surface area contributed by atoms with Crippen molar-refractivity contribution >= 4 is 38.8 Å². The Hall–Kier alpha value is -1.56. The largest absolute Gasteiger partial charge is 0.369 e. The molecule has 6 heteroatoms. The number of aromatic nitrogens is 2. The summed E-state index contributed by atoms with van der Waals surface area (Å²) >= 11 is 3.39. The fourth-order valence-electron chi connectivity index (χ4n) is 1.89. The number of nitrogens with zero attached hydrogens (tertiary/aromatic N) is 2. The summed E-state index contributed by atoms with van der Waals surface area (Å²) in [6, 6.07) is 5.68. The number of rotatable bonds is 2. The van der Waals surface area contributed by atoms with Crippen molar-refractivity contribution in [3.05, 3.63) is 22.7 Å². The second-order valence-corrected chi connectivity index (χ2v) is 6.40. The smallest absolute Gasteiger partial charge is 0.240 e. The number of anilines is 1. The Morgan fingerprint density at radius 1 is 1.47 bits per heavy atom. The zero-order valence-corrected chi connectivity index (χ0v) is 12.8. The lowest BCUT2D eigenvalue weighted by Gasteiger charge is -2.20. The minimum atomic E-state index is -0.259. The van der Waals surface area contributed by atoms with Crippen LogP contribution in [0.25, 0.3) is 11.0 Å². The van der Waals surface area contributed by atoms with E-state index in [4.69, 9.17) is 5.73 Å². The molecule has 102 valence electrons. The lowest BCUT2D eigenvalue weighted by atomic mass is 10.1. The third-order valence-electron chi connectivity index (χ3n) is 2.56. The number of halogens is 1. The Labute approximate surface area is 120 Å². The maximum absolute atomic E-state index is 12.0. The van der Waals surface area contributed by atoms with Crippen LogP contribution < -0.4 is 11.1 Å². The fourth-order valence-corrected chi connectivity index (χ4v) is 2.24. The molecule has 0 aliphatic carbocycles. The van der Waals surface area contributed by atoms with E-state index in [0.717, 1.165) is 15.5 Å². The molecule has 1 aromatic heterocycles. The molecule has 2 rings (SSSR count). The number of carbonyl (C=O) groups excluding carboxylic acids is 1. The van der Waals surface area contributed by atoms with E-state index in [2.05, 4.69) is 26.2 Å². The minimum absolute atomic E-state index is 0.0820. The Morgan fingerprint density at radius 3 is 2.79 bits per heavy atom. The van der Waals surface area contributed by atoms with Crippen molar-refractivity contribution in [2.75, 3.05) is 5.73 Å². The summed E-state index contributed by atoms with van der Waals surface area (Å²) in [6.45, 7) is 5.99. The quantitative estimate of drug-likeness (QED) is 0.890. The van der Waals surface area contributed by atoms with Crippen LogP contribution in [0.5, 0.6) is 0 Å². The average molecular weight is 325 g/mol. The number of hydrogen-bond acceptors (Lipinski definition) is 3. The molecular weight excluding hydrogens is 308 g/mol. The number of hydrogen-bond donors (Lipinski definition) is 2. The standard InChI is InChI=1S/C13H17BrN4O/c1-13(2,3)17-11(19)7-18-10-5-4-8(14)6-9(10)16-12(18)15/h4-6H,7H2,1-3H3,(H2,15,16)(H,17,19). The molecule has 19 heavy (non-hydrogen) atoms. The van der Waals surface area contributed by atoms with Crippen molar-refractivity contribution in [1.29, 1.82) is 0 Å². The number of benzene rings is 1. The number of fused-ring (bicyclic) bond motifs is 1. The van der Waals surface area contributed by atoms with Gasteiger partial charge in [-0.1, -0.05) is 15.9 Å². The zero-order chi connectivity index (χ0) is 14.2. The lowest BCUT2D eigenvalue weighted by Crippen LogP contribution is -2.42. The highest BCUT2D eigenvalue weighted by Crippen LogP contribution is 2.21. The number of amides is 1. The first-order valence-corrected chi connectivity index (χ1v) is 6.78. The van der Waals surface area contributed by atoms with Gasteiger partial charge in [0, 0.05) is 10.0 Å². The van der Waals surface area contributed by atoms with Gasteiger partial charge in [0.25, 0.3) is 0 Å². The second kappa shape index (κ2) is 4.85. The molecule has 1 heterocycles. The molecule has 0 saturated carbocycles. The normalized spacial score (nSPS) is 11.8. The third kappa shape index (κ3) is 3.26. The molecule has 0 aliphatic rings. The number of imidazole rings is 1. The summed E-state index contributed by atoms with van der Waals surface area (Å²) in [5.74, 6) is 0.263. The summed E-state index contributed by atoms with van der Waals surface area (Å²) < 4.78 is 2.65. The summed E-state index contributed by atoms with van der Waals surface area (Å²) in [4.78, 5) is 16.2. The average Bonchev–Trinajstić information content (AvgIpc) is 2.51. The van der Waals surface area contributed by atoms with Crippen LogP contribution >= 0.6 is 15.9 Å². The van der Waals surface area contributed by atoms with Gasteiger partial charge in [0.2, 0.25) is 11.9 Å². The Kier molecular flexibility index (Phi) is 3.54. The number of nitrogen functional groups attached to an aromatic ring is 1. The number of carbonyl (C=O) groups is 1. The molecule has 2 aromatic rings. The van der Waals surface area contributed by atoms with Gasteiger partial charge >= 0.3 is 0 Å². The van der Waals surface area contributed by atoms with E-state index in [-0.39, 0.29) is 18.0 Å². The van der Waals surface area contributed by atoms with Gasteiger partial charge in [0.1, 0.15) is 6.54 Å². The van der Waals surface area contributed by atoms with Crippen LogP contribution in [0.1, 0.15) is 20.8 Å².